The van der Waals surface area contributed by atoms with E-state index in [-0.39, 0.29) is 16.6 Å². The van der Waals surface area contributed by atoms with Gasteiger partial charge in [-0.05, 0) is 43.0 Å². The normalized spacial score (nSPS) is 12.7. The van der Waals surface area contributed by atoms with Gasteiger partial charge in [0.1, 0.15) is 10.6 Å². The van der Waals surface area contributed by atoms with Crippen molar-refractivity contribution >= 4 is 15.9 Å². The van der Waals surface area contributed by atoms with Crippen molar-refractivity contribution in [2.75, 3.05) is 0 Å². The maximum absolute atomic E-state index is 12.5. The van der Waals surface area contributed by atoms with Gasteiger partial charge in [0.2, 0.25) is 0 Å². The van der Waals surface area contributed by atoms with Gasteiger partial charge in [0.25, 0.3) is 0 Å². The molecular formula is C18H20O4S. The molecule has 0 spiro atoms. The number of benzene rings is 2. The summed E-state index contributed by atoms with van der Waals surface area (Å²) in [6.45, 7) is 5.45. The van der Waals surface area contributed by atoms with Crippen molar-refractivity contribution in [1.82, 2.24) is 0 Å². The minimum atomic E-state index is -3.99. The fourth-order valence-electron chi connectivity index (χ4n) is 2.22. The molecule has 0 N–H and O–H groups in total. The molecule has 0 fully saturated rings. The average molecular weight is 332 g/mol. The first-order valence-corrected chi connectivity index (χ1v) is 8.90. The third-order valence-electron chi connectivity index (χ3n) is 3.79. The summed E-state index contributed by atoms with van der Waals surface area (Å²) < 4.78 is 30.3. The van der Waals surface area contributed by atoms with Gasteiger partial charge in [-0.15, -0.1) is 0 Å². The molecule has 0 saturated carbocycles. The van der Waals surface area contributed by atoms with Gasteiger partial charge in [-0.25, -0.2) is 0 Å². The molecule has 2 rings (SSSR count). The highest BCUT2D eigenvalue weighted by Gasteiger charge is 2.20. The molecule has 23 heavy (non-hydrogen) atoms. The Morgan fingerprint density at radius 3 is 2.48 bits per heavy atom. The SMILES string of the molecule is CCC(C)c1ccccc1OS(=O)(=O)c1cccc(C(C)=O)c1. The Hall–Kier alpha value is -2.14. The first kappa shape index (κ1) is 17.2. The van der Waals surface area contributed by atoms with E-state index in [1.54, 1.807) is 18.2 Å². The third-order valence-corrected chi connectivity index (χ3v) is 5.02. The Morgan fingerprint density at radius 1 is 1.13 bits per heavy atom. The molecule has 1 unspecified atom stereocenters. The van der Waals surface area contributed by atoms with Gasteiger partial charge >= 0.3 is 10.1 Å². The van der Waals surface area contributed by atoms with Gasteiger partial charge in [-0.3, -0.25) is 4.79 Å². The Morgan fingerprint density at radius 2 is 1.83 bits per heavy atom. The molecule has 5 heteroatoms. The fraction of sp³-hybridized carbons (Fsp3) is 0.278. The number of ketones is 1. The van der Waals surface area contributed by atoms with E-state index in [0.29, 0.717) is 11.3 Å². The second kappa shape index (κ2) is 6.96. The summed E-state index contributed by atoms with van der Waals surface area (Å²) >= 11 is 0. The van der Waals surface area contributed by atoms with E-state index in [9.17, 15) is 13.2 Å². The van der Waals surface area contributed by atoms with E-state index in [2.05, 4.69) is 0 Å². The number of carbonyl (C=O) groups is 1. The summed E-state index contributed by atoms with van der Waals surface area (Å²) in [6.07, 6.45) is 0.875. The van der Waals surface area contributed by atoms with Crippen LogP contribution >= 0.6 is 0 Å². The predicted molar refractivity (Wildman–Crippen MR) is 89.4 cm³/mol. The second-order valence-corrected chi connectivity index (χ2v) is 7.01. The average Bonchev–Trinajstić information content (AvgIpc) is 2.54. The predicted octanol–water partition coefficient (Wildman–Crippen LogP) is 4.17. The van der Waals surface area contributed by atoms with E-state index in [1.165, 1.54) is 25.1 Å². The number of rotatable bonds is 6. The van der Waals surface area contributed by atoms with Crippen LogP contribution < -0.4 is 4.18 Å². The molecule has 0 aliphatic heterocycles. The lowest BCUT2D eigenvalue weighted by atomic mass is 9.98. The maximum Gasteiger partial charge on any atom is 0.339 e. The zero-order chi connectivity index (χ0) is 17.0. The quantitative estimate of drug-likeness (QED) is 0.588. The number of carbonyl (C=O) groups excluding carboxylic acids is 1. The molecule has 0 heterocycles. The zero-order valence-corrected chi connectivity index (χ0v) is 14.3. The van der Waals surface area contributed by atoms with Gasteiger partial charge in [0.15, 0.2) is 5.78 Å². The van der Waals surface area contributed by atoms with Crippen LogP contribution in [0.15, 0.2) is 53.4 Å². The summed E-state index contributed by atoms with van der Waals surface area (Å²) in [5.41, 5.74) is 1.19. The molecule has 0 aliphatic rings. The minimum Gasteiger partial charge on any atom is -0.379 e. The van der Waals surface area contributed by atoms with Crippen molar-refractivity contribution < 1.29 is 17.4 Å². The monoisotopic (exact) mass is 332 g/mol. The summed E-state index contributed by atoms with van der Waals surface area (Å²) in [5.74, 6) is 0.321. The van der Waals surface area contributed by atoms with Crippen molar-refractivity contribution in [1.29, 1.82) is 0 Å². The lowest BCUT2D eigenvalue weighted by molar-refractivity contribution is 0.101. The summed E-state index contributed by atoms with van der Waals surface area (Å²) in [5, 5.41) is 0. The number of hydrogen-bond donors (Lipinski definition) is 0. The highest BCUT2D eigenvalue weighted by molar-refractivity contribution is 7.87. The first-order chi connectivity index (χ1) is 10.8. The summed E-state index contributed by atoms with van der Waals surface area (Å²) in [7, 11) is -3.99. The van der Waals surface area contributed by atoms with Crippen molar-refractivity contribution in [3.63, 3.8) is 0 Å². The second-order valence-electron chi connectivity index (χ2n) is 5.47. The van der Waals surface area contributed by atoms with Crippen LogP contribution in [0.3, 0.4) is 0 Å². The molecular weight excluding hydrogens is 312 g/mol. The van der Waals surface area contributed by atoms with Crippen LogP contribution in [0.25, 0.3) is 0 Å². The molecule has 0 radical (unpaired) electrons. The molecule has 1 atom stereocenters. The number of hydrogen-bond acceptors (Lipinski definition) is 4. The Kier molecular flexibility index (Phi) is 5.21. The summed E-state index contributed by atoms with van der Waals surface area (Å²) in [6, 6.07) is 13.0. The molecule has 0 saturated heterocycles. The smallest absolute Gasteiger partial charge is 0.339 e. The van der Waals surface area contributed by atoms with Crippen LogP contribution in [0.1, 0.15) is 49.0 Å². The Bertz CT molecular complexity index is 809. The standard InChI is InChI=1S/C18H20O4S/c1-4-13(2)17-10-5-6-11-18(17)22-23(20,21)16-9-7-8-15(12-16)14(3)19/h5-13H,4H2,1-3H3. The molecule has 2 aromatic rings. The largest absolute Gasteiger partial charge is 0.379 e. The van der Waals surface area contributed by atoms with Crippen LogP contribution in [-0.2, 0) is 10.1 Å². The van der Waals surface area contributed by atoms with Gasteiger partial charge in [-0.1, -0.05) is 44.2 Å². The van der Waals surface area contributed by atoms with Crippen molar-refractivity contribution in [2.24, 2.45) is 0 Å². The highest BCUT2D eigenvalue weighted by atomic mass is 32.2. The van der Waals surface area contributed by atoms with Crippen molar-refractivity contribution in [3.8, 4) is 5.75 Å². The van der Waals surface area contributed by atoms with Crippen LogP contribution in [0.2, 0.25) is 0 Å². The molecule has 4 nitrogen and oxygen atoms in total. The highest BCUT2D eigenvalue weighted by Crippen LogP contribution is 2.30. The van der Waals surface area contributed by atoms with E-state index in [4.69, 9.17) is 4.18 Å². The Labute approximate surface area is 137 Å². The molecule has 0 bridgehead atoms. The van der Waals surface area contributed by atoms with Gasteiger partial charge in [-0.2, -0.15) is 8.42 Å². The zero-order valence-electron chi connectivity index (χ0n) is 13.4. The molecule has 2 aromatic carbocycles. The third kappa shape index (κ3) is 3.99. The van der Waals surface area contributed by atoms with E-state index >= 15 is 0 Å². The lowest BCUT2D eigenvalue weighted by Crippen LogP contribution is -2.12. The van der Waals surface area contributed by atoms with Crippen LogP contribution in [0.4, 0.5) is 0 Å². The molecule has 0 aliphatic carbocycles. The van der Waals surface area contributed by atoms with E-state index in [1.807, 2.05) is 26.0 Å². The summed E-state index contributed by atoms with van der Waals surface area (Å²) in [4.78, 5) is 11.4. The molecule has 122 valence electrons. The Balaban J connectivity index is 2.40. The van der Waals surface area contributed by atoms with Crippen LogP contribution in [0.5, 0.6) is 5.75 Å². The van der Waals surface area contributed by atoms with Crippen LogP contribution in [-0.4, -0.2) is 14.2 Å². The van der Waals surface area contributed by atoms with Gasteiger partial charge < -0.3 is 4.18 Å². The van der Waals surface area contributed by atoms with Crippen molar-refractivity contribution in [2.45, 2.75) is 38.0 Å². The fourth-order valence-corrected chi connectivity index (χ4v) is 3.22. The van der Waals surface area contributed by atoms with Crippen LogP contribution in [0, 0.1) is 0 Å². The van der Waals surface area contributed by atoms with Gasteiger partial charge in [0.05, 0.1) is 0 Å². The van der Waals surface area contributed by atoms with E-state index in [0.717, 1.165) is 12.0 Å². The lowest BCUT2D eigenvalue weighted by Gasteiger charge is -2.15. The molecule has 0 amide bonds. The van der Waals surface area contributed by atoms with E-state index < -0.39 is 10.1 Å². The van der Waals surface area contributed by atoms with Gasteiger partial charge in [0, 0.05) is 5.56 Å². The minimum absolute atomic E-state index is 0.0239. The van der Waals surface area contributed by atoms with Crippen molar-refractivity contribution in [3.05, 3.63) is 59.7 Å². The number of Topliss-reactive ketones (excluding diaryl/α,β-unsaturated/α-hetero) is 1. The number of para-hydroxylation sites is 1. The molecule has 0 aromatic heterocycles. The first-order valence-electron chi connectivity index (χ1n) is 7.49. The topological polar surface area (TPSA) is 60.4 Å². The maximum atomic E-state index is 12.5.